The molecule has 0 bridgehead atoms. The Morgan fingerprint density at radius 3 is 2.80 bits per heavy atom. The van der Waals surface area contributed by atoms with E-state index in [1.165, 1.54) is 51.6 Å². The van der Waals surface area contributed by atoms with Crippen molar-refractivity contribution < 1.29 is 0 Å². The summed E-state index contributed by atoms with van der Waals surface area (Å²) in [5.41, 5.74) is 5.87. The van der Waals surface area contributed by atoms with Crippen molar-refractivity contribution in [2.75, 3.05) is 19.6 Å². The van der Waals surface area contributed by atoms with Crippen molar-refractivity contribution in [2.45, 2.75) is 51.5 Å². The first-order chi connectivity index (χ1) is 7.35. The molecular formula is C13H26N2. The SMILES string of the molecule is CCC1CCCN(C2CCCC2CN)C1. The summed E-state index contributed by atoms with van der Waals surface area (Å²) in [6.07, 6.45) is 8.39. The fraction of sp³-hybridized carbons (Fsp3) is 1.00. The van der Waals surface area contributed by atoms with Gasteiger partial charge in [-0.1, -0.05) is 19.8 Å². The van der Waals surface area contributed by atoms with Crippen molar-refractivity contribution in [3.63, 3.8) is 0 Å². The zero-order valence-corrected chi connectivity index (χ0v) is 10.1. The second-order valence-corrected chi connectivity index (χ2v) is 5.41. The van der Waals surface area contributed by atoms with Gasteiger partial charge in [0.05, 0.1) is 0 Å². The van der Waals surface area contributed by atoms with Crippen LogP contribution >= 0.6 is 0 Å². The Morgan fingerprint density at radius 1 is 1.20 bits per heavy atom. The third kappa shape index (κ3) is 2.54. The molecule has 1 heterocycles. The van der Waals surface area contributed by atoms with E-state index in [9.17, 15) is 0 Å². The fourth-order valence-corrected chi connectivity index (χ4v) is 3.50. The summed E-state index contributed by atoms with van der Waals surface area (Å²) in [7, 11) is 0. The number of hydrogen-bond donors (Lipinski definition) is 1. The molecule has 15 heavy (non-hydrogen) atoms. The predicted octanol–water partition coefficient (Wildman–Crippen LogP) is 2.24. The van der Waals surface area contributed by atoms with E-state index >= 15 is 0 Å². The molecule has 0 radical (unpaired) electrons. The average Bonchev–Trinajstić information content (AvgIpc) is 2.77. The molecule has 2 aliphatic rings. The monoisotopic (exact) mass is 210 g/mol. The molecule has 3 unspecified atom stereocenters. The highest BCUT2D eigenvalue weighted by molar-refractivity contribution is 4.88. The third-order valence-electron chi connectivity index (χ3n) is 4.52. The molecule has 0 amide bonds. The average molecular weight is 210 g/mol. The quantitative estimate of drug-likeness (QED) is 0.774. The van der Waals surface area contributed by atoms with Gasteiger partial charge >= 0.3 is 0 Å². The van der Waals surface area contributed by atoms with Crippen LogP contribution in [0.15, 0.2) is 0 Å². The zero-order valence-electron chi connectivity index (χ0n) is 10.1. The fourth-order valence-electron chi connectivity index (χ4n) is 3.50. The van der Waals surface area contributed by atoms with E-state index in [0.29, 0.717) is 0 Å². The maximum atomic E-state index is 5.87. The molecule has 2 rings (SSSR count). The Labute approximate surface area is 94.2 Å². The second-order valence-electron chi connectivity index (χ2n) is 5.41. The Bertz CT molecular complexity index is 193. The largest absolute Gasteiger partial charge is 0.330 e. The van der Waals surface area contributed by atoms with Gasteiger partial charge in [0, 0.05) is 12.6 Å². The highest BCUT2D eigenvalue weighted by atomic mass is 15.2. The molecule has 2 nitrogen and oxygen atoms in total. The lowest BCUT2D eigenvalue weighted by molar-refractivity contribution is 0.0999. The molecule has 1 saturated carbocycles. The molecule has 0 aromatic heterocycles. The van der Waals surface area contributed by atoms with Crippen LogP contribution in [0.25, 0.3) is 0 Å². The van der Waals surface area contributed by atoms with E-state index in [0.717, 1.165) is 24.4 Å². The van der Waals surface area contributed by atoms with Crippen LogP contribution in [0.3, 0.4) is 0 Å². The first-order valence-electron chi connectivity index (χ1n) is 6.79. The van der Waals surface area contributed by atoms with E-state index in [1.54, 1.807) is 0 Å². The standard InChI is InChI=1S/C13H26N2/c1-2-11-5-4-8-15(10-11)13-7-3-6-12(13)9-14/h11-13H,2-10,14H2,1H3. The van der Waals surface area contributed by atoms with Gasteiger partial charge in [-0.3, -0.25) is 4.90 Å². The van der Waals surface area contributed by atoms with Crippen LogP contribution in [-0.4, -0.2) is 30.6 Å². The molecule has 1 aliphatic carbocycles. The van der Waals surface area contributed by atoms with Crippen LogP contribution in [0.4, 0.5) is 0 Å². The van der Waals surface area contributed by atoms with Gasteiger partial charge in [0.15, 0.2) is 0 Å². The normalized spacial score (nSPS) is 38.4. The number of likely N-dealkylation sites (tertiary alicyclic amines) is 1. The van der Waals surface area contributed by atoms with Crippen LogP contribution in [-0.2, 0) is 0 Å². The van der Waals surface area contributed by atoms with Crippen LogP contribution in [0, 0.1) is 11.8 Å². The first-order valence-corrected chi connectivity index (χ1v) is 6.79. The molecule has 2 N–H and O–H groups in total. The predicted molar refractivity (Wildman–Crippen MR) is 64.8 cm³/mol. The number of nitrogens with zero attached hydrogens (tertiary/aromatic N) is 1. The summed E-state index contributed by atoms with van der Waals surface area (Å²) >= 11 is 0. The van der Waals surface area contributed by atoms with E-state index < -0.39 is 0 Å². The minimum absolute atomic E-state index is 0.792. The van der Waals surface area contributed by atoms with Gasteiger partial charge in [-0.2, -0.15) is 0 Å². The molecule has 0 aromatic carbocycles. The van der Waals surface area contributed by atoms with Crippen LogP contribution in [0.2, 0.25) is 0 Å². The Kier molecular flexibility index (Phi) is 4.04. The number of hydrogen-bond acceptors (Lipinski definition) is 2. The Hall–Kier alpha value is -0.0800. The van der Waals surface area contributed by atoms with E-state index in [2.05, 4.69) is 11.8 Å². The smallest absolute Gasteiger partial charge is 0.0136 e. The van der Waals surface area contributed by atoms with Crippen molar-refractivity contribution >= 4 is 0 Å². The van der Waals surface area contributed by atoms with Crippen molar-refractivity contribution in [2.24, 2.45) is 17.6 Å². The first kappa shape index (κ1) is 11.4. The van der Waals surface area contributed by atoms with E-state index in [1.807, 2.05) is 0 Å². The lowest BCUT2D eigenvalue weighted by atomic mass is 9.92. The van der Waals surface area contributed by atoms with Gasteiger partial charge in [0.1, 0.15) is 0 Å². The van der Waals surface area contributed by atoms with E-state index in [-0.39, 0.29) is 0 Å². The minimum Gasteiger partial charge on any atom is -0.330 e. The lowest BCUT2D eigenvalue weighted by Crippen LogP contribution is -2.45. The molecular weight excluding hydrogens is 184 g/mol. The summed E-state index contributed by atoms with van der Waals surface area (Å²) in [5, 5.41) is 0. The maximum Gasteiger partial charge on any atom is 0.0136 e. The molecule has 1 aliphatic heterocycles. The number of nitrogens with two attached hydrogens (primary N) is 1. The highest BCUT2D eigenvalue weighted by Gasteiger charge is 2.33. The number of rotatable bonds is 3. The number of piperidine rings is 1. The van der Waals surface area contributed by atoms with Gasteiger partial charge in [-0.15, -0.1) is 0 Å². The van der Waals surface area contributed by atoms with Crippen molar-refractivity contribution in [3.05, 3.63) is 0 Å². The Morgan fingerprint density at radius 2 is 2.07 bits per heavy atom. The van der Waals surface area contributed by atoms with Gasteiger partial charge < -0.3 is 5.73 Å². The molecule has 0 spiro atoms. The lowest BCUT2D eigenvalue weighted by Gasteiger charge is -2.38. The van der Waals surface area contributed by atoms with Crippen molar-refractivity contribution in [1.82, 2.24) is 4.90 Å². The molecule has 0 aromatic rings. The zero-order chi connectivity index (χ0) is 10.7. The van der Waals surface area contributed by atoms with Crippen molar-refractivity contribution in [3.8, 4) is 0 Å². The molecule has 3 atom stereocenters. The molecule has 2 fully saturated rings. The topological polar surface area (TPSA) is 29.3 Å². The van der Waals surface area contributed by atoms with Crippen LogP contribution in [0.5, 0.6) is 0 Å². The highest BCUT2D eigenvalue weighted by Crippen LogP contribution is 2.32. The summed E-state index contributed by atoms with van der Waals surface area (Å²) in [4.78, 5) is 2.75. The summed E-state index contributed by atoms with van der Waals surface area (Å²) < 4.78 is 0. The maximum absolute atomic E-state index is 5.87. The second kappa shape index (κ2) is 5.31. The minimum atomic E-state index is 0.792. The van der Waals surface area contributed by atoms with Gasteiger partial charge in [0.2, 0.25) is 0 Å². The van der Waals surface area contributed by atoms with Gasteiger partial charge in [-0.05, 0) is 50.6 Å². The molecule has 2 heteroatoms. The van der Waals surface area contributed by atoms with E-state index in [4.69, 9.17) is 5.73 Å². The molecule has 88 valence electrons. The van der Waals surface area contributed by atoms with Gasteiger partial charge in [-0.25, -0.2) is 0 Å². The summed E-state index contributed by atoms with van der Waals surface area (Å²) in [5.74, 6) is 1.75. The van der Waals surface area contributed by atoms with Crippen molar-refractivity contribution in [1.29, 1.82) is 0 Å². The Balaban J connectivity index is 1.91. The third-order valence-corrected chi connectivity index (χ3v) is 4.52. The van der Waals surface area contributed by atoms with Gasteiger partial charge in [0.25, 0.3) is 0 Å². The summed E-state index contributed by atoms with van der Waals surface area (Å²) in [6, 6.07) is 0.823. The summed E-state index contributed by atoms with van der Waals surface area (Å²) in [6.45, 7) is 5.91. The molecule has 1 saturated heterocycles. The van der Waals surface area contributed by atoms with Crippen LogP contribution < -0.4 is 5.73 Å². The van der Waals surface area contributed by atoms with Crippen LogP contribution in [0.1, 0.15) is 45.4 Å².